The average Bonchev–Trinajstić information content (AvgIpc) is 2.41. The van der Waals surface area contributed by atoms with Gasteiger partial charge in [0.15, 0.2) is 0 Å². The molecule has 0 heterocycles. The average molecular weight is 313 g/mol. The Morgan fingerprint density at radius 2 is 1.20 bits per heavy atom. The van der Waals surface area contributed by atoms with Crippen molar-refractivity contribution in [1.29, 1.82) is 0 Å². The minimum Gasteiger partial charge on any atom is -0.508 e. The van der Waals surface area contributed by atoms with Crippen LogP contribution in [0.4, 0.5) is 0 Å². The molecule has 0 amide bonds. The normalized spacial score (nSPS) is 14.2. The largest absolute Gasteiger partial charge is 0.508 e. The number of nitrogens with two attached hydrogens (primary N) is 1. The monoisotopic (exact) mass is 312 g/mol. The zero-order valence-electron chi connectivity index (χ0n) is 10.4. The van der Waals surface area contributed by atoms with Crippen molar-refractivity contribution in [3.63, 3.8) is 0 Å². The van der Waals surface area contributed by atoms with Gasteiger partial charge in [0, 0.05) is 0 Å². The van der Waals surface area contributed by atoms with E-state index in [-0.39, 0.29) is 11.5 Å². The van der Waals surface area contributed by atoms with Gasteiger partial charge in [-0.05, 0) is 58.9 Å². The molecule has 0 aliphatic heterocycles. The molecule has 0 saturated heterocycles. The molecule has 20 heavy (non-hydrogen) atoms. The summed E-state index contributed by atoms with van der Waals surface area (Å²) >= 11 is 11.8. The smallest absolute Gasteiger partial charge is 0.115 e. The molecule has 0 fully saturated rings. The predicted molar refractivity (Wildman–Crippen MR) is 79.4 cm³/mol. The lowest BCUT2D eigenvalue weighted by atomic mass is 9.95. The molecule has 4 nitrogen and oxygen atoms in total. The lowest BCUT2D eigenvalue weighted by molar-refractivity contribution is 0.422. The van der Waals surface area contributed by atoms with Crippen LogP contribution in [-0.4, -0.2) is 14.2 Å². The summed E-state index contributed by atoms with van der Waals surface area (Å²) in [4.78, 5) is 0. The number of aromatic hydroxyl groups is 2. The number of hydrogen-bond acceptors (Lipinski definition) is 4. The Balaban J connectivity index is 2.33. The molecule has 2 aromatic rings. The molecule has 0 radical (unpaired) electrons. The Kier molecular flexibility index (Phi) is 4.73. The summed E-state index contributed by atoms with van der Waals surface area (Å²) in [6, 6.07) is 12.1. The fourth-order valence-corrected chi connectivity index (χ4v) is 2.46. The van der Waals surface area contributed by atoms with E-state index in [1.54, 1.807) is 48.5 Å². The highest BCUT2D eigenvalue weighted by atomic mass is 35.5. The summed E-state index contributed by atoms with van der Waals surface area (Å²) in [5.74, 6) is 0.317. The lowest BCUT2D eigenvalue weighted by Crippen LogP contribution is -2.25. The zero-order valence-corrected chi connectivity index (χ0v) is 12.0. The zero-order chi connectivity index (χ0) is 14.7. The molecule has 0 bridgehead atoms. The van der Waals surface area contributed by atoms with Crippen molar-refractivity contribution in [1.82, 2.24) is 3.94 Å². The number of phenolic OH excluding ortho intramolecular Hbond substituents is 2. The molecular formula is C14H14Cl2N2O2. The first-order valence-corrected chi connectivity index (χ1v) is 6.61. The van der Waals surface area contributed by atoms with Crippen molar-refractivity contribution >= 4 is 23.6 Å². The molecule has 4 N–H and O–H groups in total. The van der Waals surface area contributed by atoms with Crippen LogP contribution in [0.1, 0.15) is 23.2 Å². The van der Waals surface area contributed by atoms with Crippen molar-refractivity contribution < 1.29 is 10.2 Å². The number of halogens is 2. The molecule has 106 valence electrons. The van der Waals surface area contributed by atoms with Gasteiger partial charge in [-0.2, -0.15) is 0 Å². The number of nitrogens with zero attached hydrogens (tertiary/aromatic N) is 1. The molecular weight excluding hydrogens is 299 g/mol. The SMILES string of the molecule is NC(c1ccc(O)cc1)C(c1ccc(O)cc1)N(Cl)Cl. The van der Waals surface area contributed by atoms with E-state index < -0.39 is 12.1 Å². The molecule has 2 rings (SSSR count). The predicted octanol–water partition coefficient (Wildman–Crippen LogP) is 3.45. The second-order valence-corrected chi connectivity index (χ2v) is 5.31. The Morgan fingerprint density at radius 1 is 0.800 bits per heavy atom. The molecule has 0 aromatic heterocycles. The van der Waals surface area contributed by atoms with Crippen molar-refractivity contribution in [2.24, 2.45) is 5.73 Å². The highest BCUT2D eigenvalue weighted by molar-refractivity contribution is 6.34. The summed E-state index contributed by atoms with van der Waals surface area (Å²) in [6.45, 7) is 0. The topological polar surface area (TPSA) is 69.7 Å². The van der Waals surface area contributed by atoms with E-state index in [4.69, 9.17) is 29.3 Å². The van der Waals surface area contributed by atoms with E-state index in [2.05, 4.69) is 0 Å². The van der Waals surface area contributed by atoms with Crippen LogP contribution in [-0.2, 0) is 0 Å². The van der Waals surface area contributed by atoms with E-state index in [0.717, 1.165) is 15.1 Å². The van der Waals surface area contributed by atoms with Crippen LogP contribution in [0.25, 0.3) is 0 Å². The minimum absolute atomic E-state index is 0.154. The first-order chi connectivity index (χ1) is 9.49. The summed E-state index contributed by atoms with van der Waals surface area (Å²) in [6.07, 6.45) is 0. The van der Waals surface area contributed by atoms with Crippen LogP contribution in [0.15, 0.2) is 48.5 Å². The van der Waals surface area contributed by atoms with Gasteiger partial charge < -0.3 is 15.9 Å². The third-order valence-corrected chi connectivity index (χ3v) is 3.48. The van der Waals surface area contributed by atoms with Crippen LogP contribution in [0.3, 0.4) is 0 Å². The van der Waals surface area contributed by atoms with Gasteiger partial charge >= 0.3 is 0 Å². The van der Waals surface area contributed by atoms with Gasteiger partial charge in [-0.3, -0.25) is 0 Å². The number of benzene rings is 2. The summed E-state index contributed by atoms with van der Waals surface area (Å²) in [5, 5.41) is 18.6. The van der Waals surface area contributed by atoms with Gasteiger partial charge in [0.1, 0.15) is 11.5 Å². The standard InChI is InChI=1S/C14H14Cl2N2O2/c15-18(16)14(10-3-7-12(20)8-4-10)13(17)9-1-5-11(19)6-2-9/h1-8,13-14,19-20H,17H2. The molecule has 0 aliphatic carbocycles. The van der Waals surface area contributed by atoms with Gasteiger partial charge in [-0.15, -0.1) is 3.94 Å². The van der Waals surface area contributed by atoms with Crippen LogP contribution in [0.2, 0.25) is 0 Å². The molecule has 0 saturated carbocycles. The number of hydrogen-bond donors (Lipinski definition) is 3. The highest BCUT2D eigenvalue weighted by Crippen LogP contribution is 2.36. The van der Waals surface area contributed by atoms with Gasteiger partial charge in [0.05, 0.1) is 12.1 Å². The molecule has 2 unspecified atom stereocenters. The van der Waals surface area contributed by atoms with Crippen LogP contribution in [0.5, 0.6) is 11.5 Å². The summed E-state index contributed by atoms with van der Waals surface area (Å²) in [7, 11) is 0. The third-order valence-electron chi connectivity index (χ3n) is 3.06. The Morgan fingerprint density at radius 3 is 1.60 bits per heavy atom. The van der Waals surface area contributed by atoms with Gasteiger partial charge in [-0.1, -0.05) is 24.3 Å². The summed E-state index contributed by atoms with van der Waals surface area (Å²) in [5.41, 5.74) is 7.76. The fourth-order valence-electron chi connectivity index (χ4n) is 1.99. The fraction of sp³-hybridized carbons (Fsp3) is 0.143. The van der Waals surface area contributed by atoms with Gasteiger partial charge in [-0.25, -0.2) is 0 Å². The first-order valence-electron chi connectivity index (χ1n) is 5.93. The first kappa shape index (κ1) is 14.9. The maximum Gasteiger partial charge on any atom is 0.115 e. The molecule has 6 heteroatoms. The molecule has 2 aromatic carbocycles. The van der Waals surface area contributed by atoms with Crippen LogP contribution in [0, 0.1) is 0 Å². The third kappa shape index (κ3) is 3.35. The maximum absolute atomic E-state index is 9.32. The van der Waals surface area contributed by atoms with Crippen LogP contribution >= 0.6 is 23.6 Å². The minimum atomic E-state index is -0.491. The van der Waals surface area contributed by atoms with Crippen molar-refractivity contribution in [3.8, 4) is 11.5 Å². The van der Waals surface area contributed by atoms with Gasteiger partial charge in [0.2, 0.25) is 0 Å². The van der Waals surface area contributed by atoms with E-state index in [1.807, 2.05) is 0 Å². The molecule has 0 aliphatic rings. The Labute approximate surface area is 127 Å². The maximum atomic E-state index is 9.32. The lowest BCUT2D eigenvalue weighted by Gasteiger charge is -2.26. The van der Waals surface area contributed by atoms with Crippen LogP contribution < -0.4 is 5.73 Å². The van der Waals surface area contributed by atoms with E-state index in [9.17, 15) is 10.2 Å². The van der Waals surface area contributed by atoms with E-state index in [1.165, 1.54) is 0 Å². The Bertz CT molecular complexity index is 558. The summed E-state index contributed by atoms with van der Waals surface area (Å²) < 4.78 is 0.990. The molecule has 2 atom stereocenters. The quantitative estimate of drug-likeness (QED) is 0.756. The molecule has 0 spiro atoms. The van der Waals surface area contributed by atoms with E-state index in [0.29, 0.717) is 0 Å². The second kappa shape index (κ2) is 6.33. The number of phenols is 2. The highest BCUT2D eigenvalue weighted by Gasteiger charge is 2.26. The van der Waals surface area contributed by atoms with Crippen molar-refractivity contribution in [3.05, 3.63) is 59.7 Å². The second-order valence-electron chi connectivity index (χ2n) is 4.41. The van der Waals surface area contributed by atoms with E-state index >= 15 is 0 Å². The number of rotatable bonds is 4. The Hall–Kier alpha value is -1.46. The van der Waals surface area contributed by atoms with Crippen molar-refractivity contribution in [2.45, 2.75) is 12.1 Å². The van der Waals surface area contributed by atoms with Crippen molar-refractivity contribution in [2.75, 3.05) is 0 Å². The van der Waals surface area contributed by atoms with Gasteiger partial charge in [0.25, 0.3) is 0 Å².